The zero-order valence-corrected chi connectivity index (χ0v) is 54.0. The van der Waals surface area contributed by atoms with E-state index in [0.29, 0.717) is 22.1 Å². The number of rotatable bonds is 26. The van der Waals surface area contributed by atoms with Gasteiger partial charge in [0.25, 0.3) is 11.1 Å². The smallest absolute Gasteiger partial charge is 0.336 e. The Hall–Kier alpha value is -7.92. The topological polar surface area (TPSA) is 117 Å². The molecule has 96 heavy (non-hydrogen) atoms. The molecular formula is C74H80F8N8O4S2. The fourth-order valence-corrected chi connectivity index (χ4v) is 11.0. The minimum atomic E-state index is -4.65. The Morgan fingerprint density at radius 2 is 0.990 bits per heavy atom. The summed E-state index contributed by atoms with van der Waals surface area (Å²) in [6.07, 6.45) is -15.4. The maximum atomic E-state index is 15.2. The van der Waals surface area contributed by atoms with Gasteiger partial charge in [-0.2, -0.15) is 36.3 Å². The molecule has 22 heteroatoms. The van der Waals surface area contributed by atoms with Crippen LogP contribution in [0.4, 0.5) is 35.1 Å². The van der Waals surface area contributed by atoms with Crippen LogP contribution in [0.3, 0.4) is 0 Å². The highest BCUT2D eigenvalue weighted by atomic mass is 32.2. The van der Waals surface area contributed by atoms with Crippen LogP contribution in [0.2, 0.25) is 0 Å². The fourth-order valence-electron chi connectivity index (χ4n) is 9.57. The largest absolute Gasteiger partial charge is 0.416 e. The second kappa shape index (κ2) is 32.9. The lowest BCUT2D eigenvalue weighted by Gasteiger charge is -2.33. The molecule has 8 aromatic rings. The Morgan fingerprint density at radius 1 is 0.573 bits per heavy atom. The second-order valence-corrected chi connectivity index (χ2v) is 22.7. The van der Waals surface area contributed by atoms with E-state index in [1.165, 1.54) is 62.4 Å². The summed E-state index contributed by atoms with van der Waals surface area (Å²) in [6.45, 7) is -17.8. The van der Waals surface area contributed by atoms with E-state index in [0.717, 1.165) is 121 Å². The second-order valence-electron chi connectivity index (χ2n) is 21.2. The standard InChI is InChI=1S/2C37H40F4N4O2S/c1-4-43(5-2)18-19-44(22-26-6-10-28(11-7-26)29-12-14-30(15-13-29)37(39,40)41)34(46)23-45-33-21-25(3)20-32(33)35(47)42-36(45)48-24-27-8-16-31(38)17-9-27;1-4-43(5-2)21-22-44(25(3)27-11-13-28(14-12-27)29-15-17-30(18-16-29)37(39,40)41)34(46)23-45-33-8-6-7-32(33)35(47)42-36(45)48-24-26-9-19-31(38)20-10-26/h6-17,25H,4-5,18-24H2,1-3H3;9-20,25H,4-8,21-24H2,1-3H3/i18D2,19D2,20D2,21D2,22D2,23D2,24D2,25D;21D2,22D2,23D2,24D2,25D. The molecule has 0 spiro atoms. The van der Waals surface area contributed by atoms with Gasteiger partial charge in [0.15, 0.2) is 10.3 Å². The zero-order valence-electron chi connectivity index (χ0n) is 76.4. The third kappa shape index (κ3) is 18.8. The average molecular weight is 1390 g/mol. The first-order valence-electron chi connectivity index (χ1n) is 41.9. The Kier molecular flexibility index (Phi) is 15.9. The van der Waals surface area contributed by atoms with Crippen molar-refractivity contribution in [1.82, 2.24) is 38.7 Å². The summed E-state index contributed by atoms with van der Waals surface area (Å²) in [5, 5.41) is -1.79. The normalized spacial score (nSPS) is 21.1. The van der Waals surface area contributed by atoms with Crippen LogP contribution >= 0.6 is 23.5 Å². The molecule has 0 bridgehead atoms. The molecule has 0 N–H and O–H groups in total. The van der Waals surface area contributed by atoms with E-state index in [2.05, 4.69) is 9.97 Å². The third-order valence-corrected chi connectivity index (χ3v) is 16.4. The maximum absolute atomic E-state index is 15.2. The number of benzene rings is 6. The molecule has 508 valence electrons. The van der Waals surface area contributed by atoms with Crippen molar-refractivity contribution in [2.24, 2.45) is 5.89 Å². The van der Waals surface area contributed by atoms with Gasteiger partial charge in [-0.05, 0) is 164 Å². The van der Waals surface area contributed by atoms with Crippen molar-refractivity contribution in [3.63, 3.8) is 0 Å². The number of hydrogen-bond acceptors (Lipinski definition) is 10. The highest BCUT2D eigenvalue weighted by molar-refractivity contribution is 7.98. The lowest BCUT2D eigenvalue weighted by Crippen LogP contribution is -2.42. The van der Waals surface area contributed by atoms with E-state index in [9.17, 15) is 59.8 Å². The summed E-state index contributed by atoms with van der Waals surface area (Å²) in [4.78, 5) is 66.4. The molecule has 6 aromatic carbocycles. The van der Waals surface area contributed by atoms with Crippen LogP contribution in [0, 0.1) is 17.5 Å². The summed E-state index contributed by atoms with van der Waals surface area (Å²) in [5.41, 5.74) is -12.1. The number of carbonyl (C=O) groups excluding carboxylic acids is 2. The monoisotopic (exact) mass is 1380 g/mol. The lowest BCUT2D eigenvalue weighted by molar-refractivity contribution is -0.138. The number of carbonyl (C=O) groups is 2. The quantitative estimate of drug-likeness (QED) is 0.0295. The Morgan fingerprint density at radius 3 is 1.46 bits per heavy atom. The number of amides is 2. The lowest BCUT2D eigenvalue weighted by atomic mass is 9.99. The van der Waals surface area contributed by atoms with Gasteiger partial charge in [0.1, 0.15) is 24.6 Å². The van der Waals surface area contributed by atoms with Gasteiger partial charge in [-0.3, -0.25) is 19.2 Å². The molecule has 0 aliphatic heterocycles. The molecule has 2 atom stereocenters. The minimum Gasteiger partial charge on any atom is -0.336 e. The van der Waals surface area contributed by atoms with Gasteiger partial charge in [0.05, 0.1) is 32.2 Å². The molecule has 2 heterocycles. The average Bonchev–Trinajstić information content (AvgIpc) is 1.52. The number of hydrogen-bond donors (Lipinski definition) is 0. The number of aromatic nitrogens is 4. The van der Waals surface area contributed by atoms with Crippen molar-refractivity contribution in [3.8, 4) is 22.3 Å². The molecule has 0 radical (unpaired) electrons. The summed E-state index contributed by atoms with van der Waals surface area (Å²) in [5.74, 6) is -8.51. The van der Waals surface area contributed by atoms with E-state index < -0.39 is 172 Å². The van der Waals surface area contributed by atoms with E-state index >= 15 is 9.59 Å². The van der Waals surface area contributed by atoms with Crippen LogP contribution < -0.4 is 11.1 Å². The SMILES string of the molecule is [2H]C([2H])(Sc1nc(=O)c2c(n1C([2H])([2H])C(=O)N(C([2H])(C)c1ccc(-c3ccc(C(F)(F)F)cc3)cc1)C([2H])([2H])C([2H])([2H])N(CC)CC)CCC2)c1ccc(F)cc1.[2H]C([2H])(Sc1nc(=O)c2c(n1C([2H])([2H])C(=O)N(C([2H])([2H])c1ccc(-c3ccc(C(F)(F)F)cc3)cc1)C([2H])([2H])C([2H])([2H])N(CC)CC)C([2H])([2H])C([2H])(C)C2([2H])[2H])c1ccc(F)cc1. The Labute approximate surface area is 597 Å². The molecule has 2 unspecified atom stereocenters. The highest BCUT2D eigenvalue weighted by Crippen LogP contribution is 2.35. The van der Waals surface area contributed by atoms with E-state index in [1.807, 2.05) is 0 Å². The molecule has 0 saturated carbocycles. The first-order chi connectivity index (χ1) is 54.9. The van der Waals surface area contributed by atoms with Crippen molar-refractivity contribution < 1.29 is 77.6 Å². The van der Waals surface area contributed by atoms with Crippen molar-refractivity contribution in [2.75, 3.05) is 52.2 Å². The van der Waals surface area contributed by atoms with E-state index in [1.54, 1.807) is 13.8 Å². The van der Waals surface area contributed by atoms with Gasteiger partial charge in [0, 0.05) is 84.2 Å². The summed E-state index contributed by atoms with van der Waals surface area (Å²) < 4.78 is 325. The van der Waals surface area contributed by atoms with Gasteiger partial charge < -0.3 is 28.7 Å². The van der Waals surface area contributed by atoms with E-state index in [4.69, 9.17) is 17.8 Å². The molecule has 10 rings (SSSR count). The van der Waals surface area contributed by atoms with Gasteiger partial charge in [0.2, 0.25) is 11.8 Å². The number of halogens is 8. The van der Waals surface area contributed by atoms with Crippen molar-refractivity contribution in [2.45, 2.75) is 133 Å². The summed E-state index contributed by atoms with van der Waals surface area (Å²) in [7, 11) is 0. The number of fused-ring (bicyclic) bond motifs is 2. The predicted molar refractivity (Wildman–Crippen MR) is 362 cm³/mol. The number of likely N-dealkylation sites (N-methyl/N-ethyl adjacent to an activating group) is 2. The van der Waals surface area contributed by atoms with Gasteiger partial charge in [-0.15, -0.1) is 0 Å². The number of nitrogens with zero attached hydrogens (tertiary/aromatic N) is 8. The van der Waals surface area contributed by atoms with Crippen LogP contribution in [0.15, 0.2) is 165 Å². The first kappa shape index (κ1) is 46.3. The molecule has 2 amide bonds. The molecule has 12 nitrogen and oxygen atoms in total. The summed E-state index contributed by atoms with van der Waals surface area (Å²) >= 11 is 0.134. The Balaban J connectivity index is 0.000000274. The number of thioether (sulfide) groups is 2. The molecule has 2 aliphatic carbocycles. The van der Waals surface area contributed by atoms with Crippen LogP contribution in [0.5, 0.6) is 0 Å². The Bertz CT molecular complexity index is 5240. The third-order valence-electron chi connectivity index (χ3n) is 14.8. The first-order valence-corrected chi connectivity index (χ1v) is 31.5. The number of alkyl halides is 6. The molecule has 2 aliphatic rings. The van der Waals surface area contributed by atoms with Crippen molar-refractivity contribution in [1.29, 1.82) is 0 Å². The summed E-state index contributed by atoms with van der Waals surface area (Å²) in [6, 6.07) is 23.3. The predicted octanol–water partition coefficient (Wildman–Crippen LogP) is 15.2. The maximum Gasteiger partial charge on any atom is 0.416 e. The van der Waals surface area contributed by atoms with E-state index in [-0.39, 0.29) is 111 Å². The molecule has 2 aromatic heterocycles. The van der Waals surface area contributed by atoms with Gasteiger partial charge >= 0.3 is 12.4 Å². The van der Waals surface area contributed by atoms with Crippen molar-refractivity contribution >= 4 is 35.3 Å². The minimum absolute atomic E-state index is 0.00870. The van der Waals surface area contributed by atoms with Crippen LogP contribution in [0.1, 0.15) is 143 Å². The van der Waals surface area contributed by atoms with Gasteiger partial charge in [-0.1, -0.05) is 155 Å². The van der Waals surface area contributed by atoms with Gasteiger partial charge in [-0.25, -0.2) is 8.78 Å². The molecular weight excluding hydrogens is 1280 g/mol. The van der Waals surface area contributed by atoms with Crippen molar-refractivity contribution in [3.05, 3.63) is 234 Å². The van der Waals surface area contributed by atoms with Crippen LogP contribution in [-0.4, -0.2) is 103 Å². The molecule has 0 fully saturated rings. The van der Waals surface area contributed by atoms with Crippen LogP contribution in [-0.2, 0) is 78.4 Å². The fraction of sp³-hybridized carbons (Fsp3) is 0.378. The molecule has 0 saturated heterocycles. The highest BCUT2D eigenvalue weighted by Gasteiger charge is 2.33. The van der Waals surface area contributed by atoms with Crippen LogP contribution in [0.25, 0.3) is 22.3 Å². The zero-order chi connectivity index (χ0) is 90.4.